The van der Waals surface area contributed by atoms with Crippen LogP contribution in [0.2, 0.25) is 13.1 Å². The summed E-state index contributed by atoms with van der Waals surface area (Å²) >= 11 is 0. The predicted molar refractivity (Wildman–Crippen MR) is 113 cm³/mol. The number of ketones is 1. The molecule has 1 aliphatic carbocycles. The normalized spacial score (nSPS) is 17.0. The quantitative estimate of drug-likeness (QED) is 0.811. The zero-order valence-corrected chi connectivity index (χ0v) is 17.4. The highest BCUT2D eigenvalue weighted by atomic mass is 28.3. The molecule has 0 unspecified atom stereocenters. The lowest BCUT2D eigenvalue weighted by Gasteiger charge is -2.37. The number of phenols is 1. The average molecular weight is 391 g/mol. The molecule has 0 spiro atoms. The molecule has 0 saturated carbocycles. The summed E-state index contributed by atoms with van der Waals surface area (Å²) in [5, 5.41) is 12.3. The highest BCUT2D eigenvalue weighted by molar-refractivity contribution is 6.98. The summed E-state index contributed by atoms with van der Waals surface area (Å²) in [5.41, 5.74) is 4.00. The van der Waals surface area contributed by atoms with E-state index in [0.29, 0.717) is 0 Å². The first-order valence-electron chi connectivity index (χ1n) is 9.12. The van der Waals surface area contributed by atoms with Crippen molar-refractivity contribution >= 4 is 24.6 Å². The molecular formula is C23H22O4Si. The third kappa shape index (κ3) is 2.70. The number of phenolic OH excluding ortho intramolecular Hbond substituents is 1. The summed E-state index contributed by atoms with van der Waals surface area (Å²) in [6, 6.07) is 11.2. The van der Waals surface area contributed by atoms with Gasteiger partial charge in [0.1, 0.15) is 25.3 Å². The van der Waals surface area contributed by atoms with Crippen molar-refractivity contribution in [1.82, 2.24) is 0 Å². The highest BCUT2D eigenvalue weighted by Gasteiger charge is 2.40. The average Bonchev–Trinajstić information content (AvgIpc) is 2.69. The van der Waals surface area contributed by atoms with Crippen molar-refractivity contribution in [2.45, 2.75) is 13.1 Å². The second kappa shape index (κ2) is 6.53. The minimum Gasteiger partial charge on any atom is -0.508 e. The van der Waals surface area contributed by atoms with E-state index in [1.165, 1.54) is 0 Å². The topological polar surface area (TPSA) is 55.8 Å². The number of rotatable bonds is 3. The molecule has 0 atom stereocenters. The van der Waals surface area contributed by atoms with Crippen LogP contribution in [-0.2, 0) is 4.79 Å². The van der Waals surface area contributed by atoms with Crippen molar-refractivity contribution in [3.05, 3.63) is 76.5 Å². The van der Waals surface area contributed by atoms with Crippen molar-refractivity contribution < 1.29 is 19.4 Å². The molecule has 4 nitrogen and oxygen atoms in total. The van der Waals surface area contributed by atoms with Gasteiger partial charge in [-0.05, 0) is 69.6 Å². The van der Waals surface area contributed by atoms with Crippen molar-refractivity contribution in [3.8, 4) is 17.2 Å². The number of aromatic hydroxyl groups is 1. The zero-order valence-electron chi connectivity index (χ0n) is 16.4. The Morgan fingerprint density at radius 3 is 2.43 bits per heavy atom. The molecule has 5 heteroatoms. The van der Waals surface area contributed by atoms with Crippen LogP contribution in [0, 0.1) is 0 Å². The Kier molecular flexibility index (Phi) is 4.27. The van der Waals surface area contributed by atoms with Crippen molar-refractivity contribution in [3.63, 3.8) is 0 Å². The molecule has 0 amide bonds. The molecule has 2 aromatic carbocycles. The maximum absolute atomic E-state index is 12.2. The lowest BCUT2D eigenvalue weighted by atomic mass is 9.89. The summed E-state index contributed by atoms with van der Waals surface area (Å²) in [5.74, 6) is 1.69. The van der Waals surface area contributed by atoms with Gasteiger partial charge in [-0.2, -0.15) is 0 Å². The SMILES string of the molecule is COc1ccc(OC)c(C2=C3C=CC(=O)C=C3[Si](C)(C)c3cc(O)ccc32)c1. The number of allylic oxidation sites excluding steroid dienone is 5. The number of methoxy groups -OCH3 is 2. The second-order valence-electron chi connectivity index (χ2n) is 7.50. The standard InChI is InChI=1S/C23H22O4Si/c1-26-16-7-10-20(27-2)19(13-16)23-17-8-5-14(24)11-21(17)28(3,4)22-12-15(25)6-9-18(22)23/h5-13,24H,1-4H3. The molecule has 1 N–H and O–H groups in total. The van der Waals surface area contributed by atoms with Gasteiger partial charge in [0, 0.05) is 5.56 Å². The fourth-order valence-corrected chi connectivity index (χ4v) is 7.18. The predicted octanol–water partition coefficient (Wildman–Crippen LogP) is 3.74. The van der Waals surface area contributed by atoms with Gasteiger partial charge in [-0.25, -0.2) is 0 Å². The third-order valence-corrected chi connectivity index (χ3v) is 9.08. The van der Waals surface area contributed by atoms with Crippen LogP contribution in [0.4, 0.5) is 0 Å². The summed E-state index contributed by atoms with van der Waals surface area (Å²) in [4.78, 5) is 12.2. The van der Waals surface area contributed by atoms with Crippen molar-refractivity contribution in [1.29, 1.82) is 0 Å². The summed E-state index contributed by atoms with van der Waals surface area (Å²) in [6.07, 6.45) is 5.28. The van der Waals surface area contributed by atoms with E-state index >= 15 is 0 Å². The van der Waals surface area contributed by atoms with Crippen LogP contribution in [0.5, 0.6) is 17.2 Å². The number of fused-ring (bicyclic) bond motifs is 2. The molecule has 4 rings (SSSR count). The number of hydrogen-bond donors (Lipinski definition) is 1. The minimum absolute atomic E-state index is 0.000106. The van der Waals surface area contributed by atoms with Crippen molar-refractivity contribution in [2.75, 3.05) is 14.2 Å². The molecule has 0 radical (unpaired) electrons. The second-order valence-corrected chi connectivity index (χ2v) is 11.8. The number of benzene rings is 2. The Balaban J connectivity index is 2.13. The van der Waals surface area contributed by atoms with E-state index in [-0.39, 0.29) is 11.5 Å². The number of carbonyl (C=O) groups excluding carboxylic acids is 1. The first-order valence-corrected chi connectivity index (χ1v) is 12.1. The third-order valence-electron chi connectivity index (χ3n) is 5.56. The molecular weight excluding hydrogens is 368 g/mol. The Hall–Kier alpha value is -3.05. The molecule has 28 heavy (non-hydrogen) atoms. The first-order chi connectivity index (χ1) is 13.4. The molecule has 142 valence electrons. The van der Waals surface area contributed by atoms with E-state index in [4.69, 9.17) is 9.47 Å². The number of hydrogen-bond acceptors (Lipinski definition) is 4. The monoisotopic (exact) mass is 390 g/mol. The number of carbonyl (C=O) groups is 1. The molecule has 1 aliphatic heterocycles. The molecule has 0 fully saturated rings. The van der Waals surface area contributed by atoms with Gasteiger partial charge in [-0.3, -0.25) is 4.79 Å². The molecule has 1 heterocycles. The lowest BCUT2D eigenvalue weighted by molar-refractivity contribution is -0.110. The van der Waals surface area contributed by atoms with Gasteiger partial charge in [0.05, 0.1) is 14.2 Å². The van der Waals surface area contributed by atoms with Crippen LogP contribution in [0.1, 0.15) is 11.1 Å². The largest absolute Gasteiger partial charge is 0.508 e. The number of ether oxygens (including phenoxy) is 2. The van der Waals surface area contributed by atoms with Gasteiger partial charge >= 0.3 is 0 Å². The first kappa shape index (κ1) is 18.3. The molecule has 0 aromatic heterocycles. The van der Waals surface area contributed by atoms with E-state index in [2.05, 4.69) is 13.1 Å². The van der Waals surface area contributed by atoms with E-state index in [9.17, 15) is 9.90 Å². The van der Waals surface area contributed by atoms with Crippen LogP contribution >= 0.6 is 0 Å². The summed E-state index contributed by atoms with van der Waals surface area (Å²) in [7, 11) is 1.11. The summed E-state index contributed by atoms with van der Waals surface area (Å²) in [6.45, 7) is 4.42. The van der Waals surface area contributed by atoms with E-state index in [1.54, 1.807) is 32.4 Å². The van der Waals surface area contributed by atoms with Crippen LogP contribution in [0.25, 0.3) is 5.57 Å². The van der Waals surface area contributed by atoms with Gasteiger partial charge in [0.15, 0.2) is 5.78 Å². The smallest absolute Gasteiger partial charge is 0.178 e. The molecule has 2 aromatic rings. The van der Waals surface area contributed by atoms with Crippen LogP contribution in [0.15, 0.2) is 65.4 Å². The summed E-state index contributed by atoms with van der Waals surface area (Å²) < 4.78 is 11.1. The highest BCUT2D eigenvalue weighted by Crippen LogP contribution is 2.44. The fourth-order valence-electron chi connectivity index (χ4n) is 4.12. The van der Waals surface area contributed by atoms with Gasteiger partial charge in [0.25, 0.3) is 0 Å². The Bertz CT molecular complexity index is 1090. The Labute approximate surface area is 165 Å². The zero-order chi connectivity index (χ0) is 20.1. The van der Waals surface area contributed by atoms with E-state index in [1.807, 2.05) is 36.4 Å². The molecule has 2 aliphatic rings. The molecule has 0 saturated heterocycles. The Morgan fingerprint density at radius 1 is 0.929 bits per heavy atom. The fraction of sp³-hybridized carbons (Fsp3) is 0.174. The van der Waals surface area contributed by atoms with Crippen LogP contribution < -0.4 is 14.7 Å². The van der Waals surface area contributed by atoms with Crippen LogP contribution in [-0.4, -0.2) is 33.2 Å². The maximum atomic E-state index is 12.2. The van der Waals surface area contributed by atoms with Gasteiger partial charge < -0.3 is 14.6 Å². The maximum Gasteiger partial charge on any atom is 0.178 e. The van der Waals surface area contributed by atoms with E-state index in [0.717, 1.165) is 44.2 Å². The minimum atomic E-state index is -2.17. The Morgan fingerprint density at radius 2 is 1.71 bits per heavy atom. The van der Waals surface area contributed by atoms with E-state index < -0.39 is 8.07 Å². The lowest BCUT2D eigenvalue weighted by Crippen LogP contribution is -2.49. The van der Waals surface area contributed by atoms with Crippen LogP contribution in [0.3, 0.4) is 0 Å². The molecule has 0 bridgehead atoms. The van der Waals surface area contributed by atoms with Crippen molar-refractivity contribution in [2.24, 2.45) is 0 Å². The van der Waals surface area contributed by atoms with Gasteiger partial charge in [-0.15, -0.1) is 0 Å². The van der Waals surface area contributed by atoms with Gasteiger partial charge in [-0.1, -0.05) is 25.2 Å². The van der Waals surface area contributed by atoms with Gasteiger partial charge in [0.2, 0.25) is 0 Å².